The Labute approximate surface area is 156 Å². The molecule has 1 aliphatic rings. The molecule has 0 spiro atoms. The number of aromatic nitrogens is 3. The lowest BCUT2D eigenvalue weighted by molar-refractivity contribution is 0.0952. The lowest BCUT2D eigenvalue weighted by Gasteiger charge is -2.14. The summed E-state index contributed by atoms with van der Waals surface area (Å²) in [6.07, 6.45) is 6.90. The van der Waals surface area contributed by atoms with Crippen LogP contribution in [0.15, 0.2) is 47.7 Å². The molecular formula is C20H20N4O3. The number of pyridine rings is 3. The van der Waals surface area contributed by atoms with Gasteiger partial charge in [-0.05, 0) is 43.5 Å². The fourth-order valence-corrected chi connectivity index (χ4v) is 3.36. The van der Waals surface area contributed by atoms with E-state index in [1.165, 1.54) is 0 Å². The maximum absolute atomic E-state index is 12.9. The zero-order valence-electron chi connectivity index (χ0n) is 15.0. The third kappa shape index (κ3) is 3.46. The number of ether oxygens (including phenoxy) is 1. The Morgan fingerprint density at radius 2 is 2.19 bits per heavy atom. The fraction of sp³-hybridized carbons (Fsp3) is 0.300. The summed E-state index contributed by atoms with van der Waals surface area (Å²) in [6.45, 7) is 2.92. The molecule has 0 radical (unpaired) electrons. The predicted molar refractivity (Wildman–Crippen MR) is 102 cm³/mol. The minimum absolute atomic E-state index is 0.0188. The maximum Gasteiger partial charge on any atom is 0.263 e. The van der Waals surface area contributed by atoms with Crippen molar-refractivity contribution in [2.24, 2.45) is 0 Å². The minimum Gasteiger partial charge on any atom is -0.376 e. The topological polar surface area (TPSA) is 86.1 Å². The molecule has 138 valence electrons. The Morgan fingerprint density at radius 3 is 3.00 bits per heavy atom. The Bertz CT molecular complexity index is 1050. The van der Waals surface area contributed by atoms with Crippen molar-refractivity contribution in [3.63, 3.8) is 0 Å². The molecule has 4 heterocycles. The summed E-state index contributed by atoms with van der Waals surface area (Å²) >= 11 is 0. The molecule has 0 aliphatic carbocycles. The number of amides is 1. The van der Waals surface area contributed by atoms with Gasteiger partial charge in [0.05, 0.1) is 12.6 Å². The van der Waals surface area contributed by atoms with Gasteiger partial charge in [0.25, 0.3) is 11.5 Å². The Kier molecular flexibility index (Phi) is 4.68. The number of hydrogen-bond donors (Lipinski definition) is 1. The van der Waals surface area contributed by atoms with Gasteiger partial charge in [0.2, 0.25) is 0 Å². The van der Waals surface area contributed by atoms with Crippen molar-refractivity contribution in [1.29, 1.82) is 0 Å². The van der Waals surface area contributed by atoms with Gasteiger partial charge >= 0.3 is 0 Å². The Hall–Kier alpha value is -3.06. The highest BCUT2D eigenvalue weighted by Crippen LogP contribution is 2.19. The molecule has 1 fully saturated rings. The number of carbonyl (C=O) groups excluding carboxylic acids is 1. The summed E-state index contributed by atoms with van der Waals surface area (Å²) < 4.78 is 7.16. The van der Waals surface area contributed by atoms with Gasteiger partial charge in [0.15, 0.2) is 5.82 Å². The van der Waals surface area contributed by atoms with Crippen molar-refractivity contribution in [2.75, 3.05) is 11.9 Å². The van der Waals surface area contributed by atoms with E-state index in [9.17, 15) is 9.59 Å². The standard InChI is InChI=1S/C20H20N4O3/c1-13-7-10-24(12-15-5-3-11-27-15)20(26)16(13)19(25)23-18-17-14(6-9-22-18)4-2-8-21-17/h2,4,6-10,15H,3,5,11-12H2,1H3,(H,22,23,25). The van der Waals surface area contributed by atoms with Crippen LogP contribution >= 0.6 is 0 Å². The van der Waals surface area contributed by atoms with E-state index < -0.39 is 5.91 Å². The maximum atomic E-state index is 12.9. The van der Waals surface area contributed by atoms with Gasteiger partial charge in [0, 0.05) is 30.6 Å². The van der Waals surface area contributed by atoms with Crippen LogP contribution in [0.2, 0.25) is 0 Å². The van der Waals surface area contributed by atoms with E-state index in [4.69, 9.17) is 4.74 Å². The second-order valence-electron chi connectivity index (χ2n) is 6.66. The quantitative estimate of drug-likeness (QED) is 0.769. The van der Waals surface area contributed by atoms with Crippen molar-refractivity contribution in [2.45, 2.75) is 32.4 Å². The molecule has 3 aromatic heterocycles. The smallest absolute Gasteiger partial charge is 0.263 e. The van der Waals surface area contributed by atoms with E-state index in [0.717, 1.165) is 24.8 Å². The average molecular weight is 364 g/mol. The van der Waals surface area contributed by atoms with E-state index in [1.807, 2.05) is 18.2 Å². The van der Waals surface area contributed by atoms with Crippen molar-refractivity contribution < 1.29 is 9.53 Å². The van der Waals surface area contributed by atoms with Crippen LogP contribution in [0, 0.1) is 6.92 Å². The number of carbonyl (C=O) groups is 1. The first-order valence-electron chi connectivity index (χ1n) is 8.96. The van der Waals surface area contributed by atoms with Gasteiger partial charge in [-0.1, -0.05) is 6.07 Å². The number of aryl methyl sites for hydroxylation is 1. The third-order valence-electron chi connectivity index (χ3n) is 4.78. The molecule has 1 unspecified atom stereocenters. The molecule has 3 aromatic rings. The van der Waals surface area contributed by atoms with Crippen molar-refractivity contribution in [3.8, 4) is 0 Å². The SMILES string of the molecule is Cc1ccn(CC2CCCO2)c(=O)c1C(=O)Nc1nccc2cccnc12. The van der Waals surface area contributed by atoms with E-state index in [0.29, 0.717) is 23.4 Å². The van der Waals surface area contributed by atoms with Crippen LogP contribution in [0.5, 0.6) is 0 Å². The molecule has 1 N–H and O–H groups in total. The van der Waals surface area contributed by atoms with E-state index >= 15 is 0 Å². The zero-order valence-corrected chi connectivity index (χ0v) is 15.0. The molecule has 0 bridgehead atoms. The first-order chi connectivity index (χ1) is 13.1. The summed E-state index contributed by atoms with van der Waals surface area (Å²) in [7, 11) is 0. The molecule has 7 nitrogen and oxygen atoms in total. The highest BCUT2D eigenvalue weighted by Gasteiger charge is 2.21. The van der Waals surface area contributed by atoms with Gasteiger partial charge in [-0.3, -0.25) is 14.6 Å². The van der Waals surface area contributed by atoms with Crippen LogP contribution < -0.4 is 10.9 Å². The van der Waals surface area contributed by atoms with Crippen molar-refractivity contribution >= 4 is 22.6 Å². The largest absolute Gasteiger partial charge is 0.376 e. The van der Waals surface area contributed by atoms with E-state index in [-0.39, 0.29) is 17.2 Å². The molecule has 0 saturated carbocycles. The molecule has 4 rings (SSSR count). The second kappa shape index (κ2) is 7.28. The normalized spacial score (nSPS) is 16.6. The lowest BCUT2D eigenvalue weighted by atomic mass is 10.1. The number of nitrogens with zero attached hydrogens (tertiary/aromatic N) is 3. The third-order valence-corrected chi connectivity index (χ3v) is 4.78. The fourth-order valence-electron chi connectivity index (χ4n) is 3.36. The molecule has 1 aliphatic heterocycles. The Morgan fingerprint density at radius 1 is 1.30 bits per heavy atom. The highest BCUT2D eigenvalue weighted by atomic mass is 16.5. The number of hydrogen-bond acceptors (Lipinski definition) is 5. The van der Waals surface area contributed by atoms with Crippen LogP contribution in [0.4, 0.5) is 5.82 Å². The van der Waals surface area contributed by atoms with Crippen LogP contribution in [0.1, 0.15) is 28.8 Å². The summed E-state index contributed by atoms with van der Waals surface area (Å²) in [4.78, 5) is 34.2. The molecule has 1 saturated heterocycles. The van der Waals surface area contributed by atoms with Crippen molar-refractivity contribution in [1.82, 2.24) is 14.5 Å². The summed E-state index contributed by atoms with van der Waals surface area (Å²) in [5.41, 5.74) is 0.998. The minimum atomic E-state index is -0.482. The van der Waals surface area contributed by atoms with Crippen molar-refractivity contribution in [3.05, 3.63) is 64.3 Å². The molecule has 1 amide bonds. The summed E-state index contributed by atoms with van der Waals surface area (Å²) in [5.74, 6) is -0.142. The van der Waals surface area contributed by atoms with Crippen LogP contribution in [0.3, 0.4) is 0 Å². The molecule has 1 atom stereocenters. The van der Waals surface area contributed by atoms with E-state index in [1.54, 1.807) is 36.1 Å². The van der Waals surface area contributed by atoms with E-state index in [2.05, 4.69) is 15.3 Å². The number of anilines is 1. The van der Waals surface area contributed by atoms with Crippen LogP contribution in [0.25, 0.3) is 10.9 Å². The Balaban J connectivity index is 1.65. The summed E-state index contributed by atoms with van der Waals surface area (Å²) in [6, 6.07) is 7.31. The number of fused-ring (bicyclic) bond motifs is 1. The van der Waals surface area contributed by atoms with Crippen LogP contribution in [-0.4, -0.2) is 33.2 Å². The lowest BCUT2D eigenvalue weighted by Crippen LogP contribution is -2.33. The molecule has 7 heteroatoms. The zero-order chi connectivity index (χ0) is 18.8. The molecule has 27 heavy (non-hydrogen) atoms. The van der Waals surface area contributed by atoms with Gasteiger partial charge in [-0.15, -0.1) is 0 Å². The molecule has 0 aromatic carbocycles. The first-order valence-corrected chi connectivity index (χ1v) is 8.96. The number of nitrogens with one attached hydrogen (secondary N) is 1. The van der Waals surface area contributed by atoms with Gasteiger partial charge in [0.1, 0.15) is 11.1 Å². The second-order valence-corrected chi connectivity index (χ2v) is 6.66. The van der Waals surface area contributed by atoms with Crippen LogP contribution in [-0.2, 0) is 11.3 Å². The van der Waals surface area contributed by atoms with Gasteiger partial charge in [-0.25, -0.2) is 4.98 Å². The van der Waals surface area contributed by atoms with Gasteiger partial charge in [-0.2, -0.15) is 0 Å². The predicted octanol–water partition coefficient (Wildman–Crippen LogP) is 2.53. The number of rotatable bonds is 4. The monoisotopic (exact) mass is 364 g/mol. The average Bonchev–Trinajstić information content (AvgIpc) is 3.18. The summed E-state index contributed by atoms with van der Waals surface area (Å²) in [5, 5.41) is 3.61. The molecular weight excluding hydrogens is 344 g/mol. The first kappa shape index (κ1) is 17.4. The highest BCUT2D eigenvalue weighted by molar-refractivity contribution is 6.07. The van der Waals surface area contributed by atoms with Gasteiger partial charge < -0.3 is 14.6 Å².